The number of pyridine rings is 4. The number of nitrogen functional groups attached to an aromatic ring is 1. The van der Waals surface area contributed by atoms with Gasteiger partial charge in [-0.25, -0.2) is 9.97 Å². The number of hydrogen-bond acceptors (Lipinski definition) is 9. The van der Waals surface area contributed by atoms with Gasteiger partial charge in [-0.1, -0.05) is 83.4 Å². The number of hydrogen-bond donors (Lipinski definition) is 4. The number of alkyl halides is 9. The third kappa shape index (κ3) is 13.3. The summed E-state index contributed by atoms with van der Waals surface area (Å²) in [4.78, 5) is 26.5. The highest BCUT2D eigenvalue weighted by Gasteiger charge is 2.39. The molecule has 0 aliphatic heterocycles. The number of phenols is 2. The van der Waals surface area contributed by atoms with Crippen LogP contribution in [0.2, 0.25) is 10.0 Å². The zero-order chi connectivity index (χ0) is 50.1. The topological polar surface area (TPSA) is 147 Å². The number of aldehydes is 1. The fourth-order valence-electron chi connectivity index (χ4n) is 6.36. The monoisotopic (exact) mass is 986 g/mol. The average Bonchev–Trinajstić information content (AvgIpc) is 3.28. The van der Waals surface area contributed by atoms with E-state index in [1.807, 2.05) is 25.1 Å². The zero-order valence-corrected chi connectivity index (χ0v) is 37.1. The summed E-state index contributed by atoms with van der Waals surface area (Å²) in [5.74, 6) is 0.881. The van der Waals surface area contributed by atoms with Crippen molar-refractivity contribution in [1.82, 2.24) is 19.9 Å². The Hall–Kier alpha value is -7.18. The quantitative estimate of drug-likeness (QED) is 0.0977. The molecular formula is C48H37Cl2F9N6O3. The van der Waals surface area contributed by atoms with Gasteiger partial charge in [-0.2, -0.15) is 39.5 Å². The number of aromatic hydroxyl groups is 2. The first-order valence-electron chi connectivity index (χ1n) is 19.7. The van der Waals surface area contributed by atoms with Crippen LogP contribution in [0.25, 0.3) is 21.8 Å². The van der Waals surface area contributed by atoms with Gasteiger partial charge in [0.2, 0.25) is 0 Å². The lowest BCUT2D eigenvalue weighted by Crippen LogP contribution is -2.19. The summed E-state index contributed by atoms with van der Waals surface area (Å²) in [6, 6.07) is 23.2. The average molecular weight is 988 g/mol. The molecule has 4 heterocycles. The summed E-state index contributed by atoms with van der Waals surface area (Å²) in [5, 5.41) is 26.1. The van der Waals surface area contributed by atoms with Crippen molar-refractivity contribution < 1.29 is 54.5 Å². The molecule has 0 aliphatic rings. The summed E-state index contributed by atoms with van der Waals surface area (Å²) in [5.41, 5.74) is 4.05. The van der Waals surface area contributed by atoms with Crippen LogP contribution < -0.4 is 11.1 Å². The molecule has 0 radical (unpaired) electrons. The van der Waals surface area contributed by atoms with Crippen molar-refractivity contribution >= 4 is 62.9 Å². The minimum atomic E-state index is -4.99. The van der Waals surface area contributed by atoms with E-state index in [4.69, 9.17) is 28.9 Å². The first-order valence-corrected chi connectivity index (χ1v) is 20.4. The Morgan fingerprint density at radius 1 is 0.618 bits per heavy atom. The fourth-order valence-corrected chi connectivity index (χ4v) is 6.57. The van der Waals surface area contributed by atoms with Crippen LogP contribution in [0.3, 0.4) is 0 Å². The molecular weight excluding hydrogens is 950 g/mol. The standard InChI is InChI=1S/C24H19ClF3N3O.C9H4F6O.C9H7NO.C6H7ClN2/c1-13-5-7-16(18(10-13)24(26,27)28)22(31-20-11-14(2)19(25)12-30-20)17-8-6-15-4-3-9-29-21(15)23(17)32;10-8(11,12)6-2-1-5(4-16)7(3-6)9(13,14)15;11-8-5-1-3-7-4-2-6-10-9(7)8;1-4-2-6(8)9-3-5(4)7/h3-12,22,32H,1-2H3,(H,30,31);1-4H;1-6,11H;2-3H,1H3,(H2,8,9). The van der Waals surface area contributed by atoms with Crippen molar-refractivity contribution in [1.29, 1.82) is 0 Å². The molecule has 8 rings (SSSR count). The molecule has 0 saturated heterocycles. The molecule has 354 valence electrons. The second-order valence-corrected chi connectivity index (χ2v) is 15.5. The summed E-state index contributed by atoms with van der Waals surface area (Å²) in [6.45, 7) is 5.26. The van der Waals surface area contributed by atoms with E-state index in [-0.39, 0.29) is 35.0 Å². The summed E-state index contributed by atoms with van der Waals surface area (Å²) >= 11 is 11.7. The van der Waals surface area contributed by atoms with E-state index in [0.717, 1.165) is 17.0 Å². The van der Waals surface area contributed by atoms with Crippen LogP contribution in [0, 0.1) is 20.8 Å². The van der Waals surface area contributed by atoms with E-state index in [9.17, 15) is 54.5 Å². The minimum Gasteiger partial charge on any atom is -0.506 e. The van der Waals surface area contributed by atoms with Crippen molar-refractivity contribution in [2.24, 2.45) is 0 Å². The smallest absolute Gasteiger partial charge is 0.417 e. The fraction of sp³-hybridized carbons (Fsp3) is 0.146. The number of para-hydroxylation sites is 1. The van der Waals surface area contributed by atoms with E-state index in [2.05, 4.69) is 25.3 Å². The van der Waals surface area contributed by atoms with Gasteiger partial charge in [0.15, 0.2) is 6.29 Å². The van der Waals surface area contributed by atoms with Gasteiger partial charge >= 0.3 is 18.5 Å². The lowest BCUT2D eigenvalue weighted by atomic mass is 9.91. The molecule has 20 heteroatoms. The number of rotatable bonds is 5. The number of nitrogens with two attached hydrogens (primary N) is 1. The van der Waals surface area contributed by atoms with E-state index in [1.165, 1.54) is 18.5 Å². The Balaban J connectivity index is 0.000000197. The van der Waals surface area contributed by atoms with Gasteiger partial charge in [-0.05, 0) is 86.0 Å². The van der Waals surface area contributed by atoms with Crippen LogP contribution in [-0.4, -0.2) is 36.4 Å². The largest absolute Gasteiger partial charge is 0.506 e. The SMILES string of the molecule is Cc1cc(N)ncc1Cl.Cc1ccc(C(Nc2cc(C)c(Cl)cn2)c2ccc3cccnc3c2O)c(C(F)(F)F)c1.O=Cc1ccc(C(F)(F)F)cc1C(F)(F)F.Oc1cccc2cccnc12. The molecule has 5 N–H and O–H groups in total. The number of aromatic nitrogens is 4. The van der Waals surface area contributed by atoms with Crippen LogP contribution >= 0.6 is 23.2 Å². The van der Waals surface area contributed by atoms with E-state index in [0.29, 0.717) is 61.4 Å². The molecule has 0 aliphatic carbocycles. The Kier molecular flexibility index (Phi) is 16.5. The lowest BCUT2D eigenvalue weighted by Gasteiger charge is -2.25. The third-order valence-corrected chi connectivity index (χ3v) is 10.5. The highest BCUT2D eigenvalue weighted by atomic mass is 35.5. The predicted octanol–water partition coefficient (Wildman–Crippen LogP) is 13.9. The van der Waals surface area contributed by atoms with Crippen molar-refractivity contribution in [2.45, 2.75) is 45.3 Å². The van der Waals surface area contributed by atoms with Crippen LogP contribution in [0.4, 0.5) is 51.1 Å². The normalized spacial score (nSPS) is 11.9. The number of phenolic OH excluding ortho intramolecular Hbond substituents is 2. The van der Waals surface area contributed by atoms with Crippen LogP contribution in [0.15, 0.2) is 128 Å². The van der Waals surface area contributed by atoms with Crippen molar-refractivity contribution in [2.75, 3.05) is 11.1 Å². The molecule has 0 fully saturated rings. The molecule has 0 bridgehead atoms. The second-order valence-electron chi connectivity index (χ2n) is 14.7. The van der Waals surface area contributed by atoms with E-state index < -0.39 is 46.8 Å². The van der Waals surface area contributed by atoms with Gasteiger partial charge in [-0.3, -0.25) is 14.8 Å². The molecule has 4 aromatic carbocycles. The highest BCUT2D eigenvalue weighted by Crippen LogP contribution is 2.42. The van der Waals surface area contributed by atoms with Crippen molar-refractivity contribution in [3.05, 3.63) is 188 Å². The van der Waals surface area contributed by atoms with Gasteiger partial charge in [0.25, 0.3) is 0 Å². The molecule has 0 spiro atoms. The van der Waals surface area contributed by atoms with Crippen LogP contribution in [0.1, 0.15) is 60.9 Å². The maximum atomic E-state index is 14.0. The molecule has 4 aromatic heterocycles. The number of aryl methyl sites for hydroxylation is 3. The number of nitrogens with one attached hydrogen (secondary N) is 1. The Bertz CT molecular complexity index is 3060. The van der Waals surface area contributed by atoms with Crippen molar-refractivity contribution in [3.63, 3.8) is 0 Å². The Morgan fingerprint density at radius 2 is 1.19 bits per heavy atom. The number of anilines is 2. The van der Waals surface area contributed by atoms with Gasteiger partial charge < -0.3 is 21.3 Å². The summed E-state index contributed by atoms with van der Waals surface area (Å²) in [6.07, 6.45) is -8.42. The Labute approximate surface area is 392 Å². The first kappa shape index (κ1) is 51.8. The third-order valence-electron chi connectivity index (χ3n) is 9.75. The Morgan fingerprint density at radius 3 is 1.75 bits per heavy atom. The van der Waals surface area contributed by atoms with Gasteiger partial charge in [0.1, 0.15) is 34.2 Å². The van der Waals surface area contributed by atoms with E-state index in [1.54, 1.807) is 80.8 Å². The minimum absolute atomic E-state index is 0.0388. The number of halogens is 11. The van der Waals surface area contributed by atoms with E-state index >= 15 is 0 Å². The van der Waals surface area contributed by atoms with Gasteiger partial charge in [0, 0.05) is 46.7 Å². The molecule has 68 heavy (non-hydrogen) atoms. The number of benzene rings is 4. The summed E-state index contributed by atoms with van der Waals surface area (Å²) in [7, 11) is 0. The maximum Gasteiger partial charge on any atom is 0.417 e. The molecule has 1 atom stereocenters. The molecule has 1 unspecified atom stereocenters. The predicted molar refractivity (Wildman–Crippen MR) is 243 cm³/mol. The number of fused-ring (bicyclic) bond motifs is 2. The molecule has 0 saturated carbocycles. The van der Waals surface area contributed by atoms with Crippen LogP contribution in [0.5, 0.6) is 11.5 Å². The number of nitrogens with zero attached hydrogens (tertiary/aromatic N) is 4. The van der Waals surface area contributed by atoms with Crippen LogP contribution in [-0.2, 0) is 18.5 Å². The molecule has 8 aromatic rings. The maximum absolute atomic E-state index is 14.0. The molecule has 9 nitrogen and oxygen atoms in total. The second kappa shape index (κ2) is 21.6. The first-order chi connectivity index (χ1) is 31.9. The lowest BCUT2D eigenvalue weighted by molar-refractivity contribution is -0.143. The number of carbonyl (C=O) groups is 1. The zero-order valence-electron chi connectivity index (χ0n) is 35.6. The van der Waals surface area contributed by atoms with Gasteiger partial charge in [0.05, 0.1) is 32.8 Å². The van der Waals surface area contributed by atoms with Gasteiger partial charge in [-0.15, -0.1) is 0 Å². The number of carbonyl (C=O) groups excluding carboxylic acids is 1. The van der Waals surface area contributed by atoms with Crippen molar-refractivity contribution in [3.8, 4) is 11.5 Å². The highest BCUT2D eigenvalue weighted by molar-refractivity contribution is 6.31. The molecule has 0 amide bonds. The summed E-state index contributed by atoms with van der Waals surface area (Å²) < 4.78 is 115.